The number of fused-ring (bicyclic) bond motifs is 3. The summed E-state index contributed by atoms with van der Waals surface area (Å²) in [6.07, 6.45) is 0.931. The Labute approximate surface area is 220 Å². The van der Waals surface area contributed by atoms with E-state index in [2.05, 4.69) is 13.8 Å². The smallest absolute Gasteiger partial charge is 0.291 e. The lowest BCUT2D eigenvalue weighted by atomic mass is 9.97. The van der Waals surface area contributed by atoms with Crippen molar-refractivity contribution in [2.24, 2.45) is 5.92 Å². The molecule has 0 radical (unpaired) electrons. The van der Waals surface area contributed by atoms with E-state index in [1.165, 1.54) is 0 Å². The Bertz CT molecular complexity index is 1600. The summed E-state index contributed by atoms with van der Waals surface area (Å²) >= 11 is 0. The van der Waals surface area contributed by atoms with Crippen LogP contribution in [0.15, 0.2) is 69.9 Å². The van der Waals surface area contributed by atoms with E-state index >= 15 is 0 Å². The summed E-state index contributed by atoms with van der Waals surface area (Å²) in [5, 5.41) is 0.468. The minimum atomic E-state index is -0.627. The van der Waals surface area contributed by atoms with Gasteiger partial charge in [-0.05, 0) is 66.8 Å². The highest BCUT2D eigenvalue weighted by Gasteiger charge is 2.43. The molecular weight excluding hydrogens is 482 g/mol. The second-order valence-corrected chi connectivity index (χ2v) is 10.3. The first-order valence-corrected chi connectivity index (χ1v) is 12.9. The lowest BCUT2D eigenvalue weighted by molar-refractivity contribution is 0.0714. The molecule has 2 aliphatic heterocycles. The second-order valence-electron chi connectivity index (χ2n) is 10.3. The summed E-state index contributed by atoms with van der Waals surface area (Å²) in [6, 6.07) is 18.1. The molecule has 2 aliphatic rings. The van der Waals surface area contributed by atoms with Crippen LogP contribution in [0.3, 0.4) is 0 Å². The Hall–Kier alpha value is -4.26. The van der Waals surface area contributed by atoms with Crippen molar-refractivity contribution >= 4 is 16.9 Å². The average molecular weight is 512 g/mol. The van der Waals surface area contributed by atoms with Gasteiger partial charge in [-0.1, -0.05) is 43.7 Å². The molecule has 0 N–H and O–H groups in total. The van der Waals surface area contributed by atoms with Gasteiger partial charge < -0.3 is 23.5 Å². The van der Waals surface area contributed by atoms with Gasteiger partial charge >= 0.3 is 0 Å². The van der Waals surface area contributed by atoms with Gasteiger partial charge in [0.1, 0.15) is 11.3 Å². The molecule has 0 spiro atoms. The van der Waals surface area contributed by atoms with Gasteiger partial charge in [0.15, 0.2) is 16.9 Å². The van der Waals surface area contributed by atoms with Crippen molar-refractivity contribution in [3.63, 3.8) is 0 Å². The first-order valence-electron chi connectivity index (χ1n) is 12.9. The van der Waals surface area contributed by atoms with Crippen LogP contribution in [0.25, 0.3) is 11.0 Å². The molecule has 194 valence electrons. The van der Waals surface area contributed by atoms with Crippen molar-refractivity contribution in [1.29, 1.82) is 0 Å². The zero-order valence-electron chi connectivity index (χ0n) is 21.7. The zero-order valence-corrected chi connectivity index (χ0v) is 21.7. The predicted molar refractivity (Wildman–Crippen MR) is 143 cm³/mol. The summed E-state index contributed by atoms with van der Waals surface area (Å²) in [5.41, 5.74) is 3.16. The van der Waals surface area contributed by atoms with Gasteiger partial charge in [0.25, 0.3) is 5.91 Å². The van der Waals surface area contributed by atoms with Gasteiger partial charge in [-0.25, -0.2) is 0 Å². The fraction of sp³-hybridized carbons (Fsp3) is 0.290. The van der Waals surface area contributed by atoms with Crippen molar-refractivity contribution in [2.75, 3.05) is 13.4 Å². The maximum atomic E-state index is 13.9. The quantitative estimate of drug-likeness (QED) is 0.303. The Kier molecular flexibility index (Phi) is 6.06. The number of amides is 1. The van der Waals surface area contributed by atoms with Crippen molar-refractivity contribution < 1.29 is 23.4 Å². The summed E-state index contributed by atoms with van der Waals surface area (Å²) in [5.74, 6) is 2.30. The first kappa shape index (κ1) is 24.1. The van der Waals surface area contributed by atoms with Crippen molar-refractivity contribution in [3.05, 3.63) is 98.9 Å². The van der Waals surface area contributed by atoms with E-state index < -0.39 is 6.04 Å². The number of rotatable bonds is 7. The van der Waals surface area contributed by atoms with E-state index in [0.717, 1.165) is 23.1 Å². The van der Waals surface area contributed by atoms with Crippen LogP contribution in [0.5, 0.6) is 17.2 Å². The molecule has 4 aromatic rings. The predicted octanol–water partition coefficient (Wildman–Crippen LogP) is 6.00. The van der Waals surface area contributed by atoms with Crippen LogP contribution in [-0.2, 0) is 6.54 Å². The average Bonchev–Trinajstić information content (AvgIpc) is 3.47. The number of nitrogens with zero attached hydrogens (tertiary/aromatic N) is 1. The number of aryl methyl sites for hydroxylation is 1. The molecular formula is C31H29NO6. The van der Waals surface area contributed by atoms with Gasteiger partial charge in [-0.15, -0.1) is 0 Å². The van der Waals surface area contributed by atoms with Crippen LogP contribution in [0.4, 0.5) is 0 Å². The fourth-order valence-electron chi connectivity index (χ4n) is 5.07. The van der Waals surface area contributed by atoms with Gasteiger partial charge in [-0.2, -0.15) is 0 Å². The van der Waals surface area contributed by atoms with Crippen LogP contribution in [0.2, 0.25) is 0 Å². The van der Waals surface area contributed by atoms with Crippen LogP contribution < -0.4 is 19.6 Å². The summed E-state index contributed by atoms with van der Waals surface area (Å²) in [4.78, 5) is 29.4. The maximum Gasteiger partial charge on any atom is 0.291 e. The van der Waals surface area contributed by atoms with Crippen molar-refractivity contribution in [2.45, 2.75) is 39.8 Å². The molecule has 3 aromatic carbocycles. The van der Waals surface area contributed by atoms with E-state index in [0.29, 0.717) is 46.3 Å². The van der Waals surface area contributed by atoms with E-state index in [9.17, 15) is 9.59 Å². The molecule has 0 fully saturated rings. The molecule has 0 bridgehead atoms. The highest BCUT2D eigenvalue weighted by atomic mass is 16.7. The standard InChI is InChI=1S/C31H29NO6/c1-18(2)11-12-35-22-6-4-5-21(15-22)28-27-29(33)23-13-19(3)7-9-24(23)38-30(27)31(34)32(28)16-20-8-10-25-26(14-20)37-17-36-25/h4-10,13-15,18,28H,11-12,16-17H2,1-3H3. The Balaban J connectivity index is 1.45. The van der Waals surface area contributed by atoms with Crippen LogP contribution in [0, 0.1) is 12.8 Å². The first-order chi connectivity index (χ1) is 18.4. The molecule has 7 nitrogen and oxygen atoms in total. The molecule has 0 saturated heterocycles. The lowest BCUT2D eigenvalue weighted by Crippen LogP contribution is -2.29. The SMILES string of the molecule is Cc1ccc2oc3c(c(=O)c2c1)C(c1cccc(OCCC(C)C)c1)N(Cc1ccc2c(c1)OCO2)C3=O. The normalized spacial score (nSPS) is 15.9. The third-order valence-corrected chi connectivity index (χ3v) is 7.05. The summed E-state index contributed by atoms with van der Waals surface area (Å²) < 4.78 is 23.1. The van der Waals surface area contributed by atoms with E-state index in [-0.39, 0.29) is 30.4 Å². The fourth-order valence-corrected chi connectivity index (χ4v) is 5.07. The molecule has 6 rings (SSSR count). The molecule has 1 unspecified atom stereocenters. The minimum Gasteiger partial charge on any atom is -0.494 e. The number of benzene rings is 3. The molecule has 1 aromatic heterocycles. The van der Waals surface area contributed by atoms with Crippen LogP contribution >= 0.6 is 0 Å². The number of hydrogen-bond acceptors (Lipinski definition) is 6. The van der Waals surface area contributed by atoms with Gasteiger partial charge in [0.05, 0.1) is 23.6 Å². The Morgan fingerprint density at radius 3 is 2.68 bits per heavy atom. The zero-order chi connectivity index (χ0) is 26.4. The molecule has 1 amide bonds. The molecule has 3 heterocycles. The van der Waals surface area contributed by atoms with E-state index in [1.807, 2.05) is 61.5 Å². The maximum absolute atomic E-state index is 13.9. The molecule has 0 aliphatic carbocycles. The second kappa shape index (κ2) is 9.56. The molecule has 38 heavy (non-hydrogen) atoms. The van der Waals surface area contributed by atoms with Crippen LogP contribution in [-0.4, -0.2) is 24.2 Å². The van der Waals surface area contributed by atoms with Gasteiger partial charge in [0, 0.05) is 6.54 Å². The number of carbonyl (C=O) groups excluding carboxylic acids is 1. The highest BCUT2D eigenvalue weighted by Crippen LogP contribution is 2.41. The molecule has 1 atom stereocenters. The lowest BCUT2D eigenvalue weighted by Gasteiger charge is -2.25. The largest absolute Gasteiger partial charge is 0.494 e. The van der Waals surface area contributed by atoms with Crippen molar-refractivity contribution in [3.8, 4) is 17.2 Å². The van der Waals surface area contributed by atoms with Gasteiger partial charge in [-0.3, -0.25) is 9.59 Å². The highest BCUT2D eigenvalue weighted by molar-refractivity contribution is 5.99. The number of carbonyl (C=O) groups is 1. The third kappa shape index (κ3) is 4.28. The van der Waals surface area contributed by atoms with E-state index in [1.54, 1.807) is 11.0 Å². The summed E-state index contributed by atoms with van der Waals surface area (Å²) in [6.45, 7) is 7.26. The third-order valence-electron chi connectivity index (χ3n) is 7.05. The minimum absolute atomic E-state index is 0.0863. The Morgan fingerprint density at radius 2 is 1.84 bits per heavy atom. The molecule has 0 saturated carbocycles. The molecule has 7 heteroatoms. The topological polar surface area (TPSA) is 78.2 Å². The van der Waals surface area contributed by atoms with E-state index in [4.69, 9.17) is 18.6 Å². The van der Waals surface area contributed by atoms with Crippen molar-refractivity contribution in [1.82, 2.24) is 4.90 Å². The van der Waals surface area contributed by atoms with Crippen LogP contribution in [0.1, 0.15) is 59.1 Å². The number of hydrogen-bond donors (Lipinski definition) is 0. The summed E-state index contributed by atoms with van der Waals surface area (Å²) in [7, 11) is 0. The Morgan fingerprint density at radius 1 is 1.00 bits per heavy atom. The monoisotopic (exact) mass is 511 g/mol. The number of ether oxygens (including phenoxy) is 3. The van der Waals surface area contributed by atoms with Gasteiger partial charge in [0.2, 0.25) is 12.6 Å².